The quantitative estimate of drug-likeness (QED) is 0.580. The van der Waals surface area contributed by atoms with E-state index in [0.717, 1.165) is 25.9 Å². The van der Waals surface area contributed by atoms with Crippen LogP contribution in [0, 0.1) is 0 Å². The lowest BCUT2D eigenvalue weighted by atomic mass is 10.0. The summed E-state index contributed by atoms with van der Waals surface area (Å²) in [6.07, 6.45) is 2.32. The Labute approximate surface area is 129 Å². The topological polar surface area (TPSA) is 137 Å². The van der Waals surface area contributed by atoms with Gasteiger partial charge in [-0.05, 0) is 46.7 Å². The van der Waals surface area contributed by atoms with Crippen LogP contribution in [0.15, 0.2) is 0 Å². The third kappa shape index (κ3) is 4.42. The van der Waals surface area contributed by atoms with Crippen molar-refractivity contribution in [2.75, 3.05) is 18.8 Å². The first-order chi connectivity index (χ1) is 10.3. The van der Waals surface area contributed by atoms with Gasteiger partial charge in [-0.1, -0.05) is 0 Å². The summed E-state index contributed by atoms with van der Waals surface area (Å²) >= 11 is 0. The number of anilines is 1. The molecule has 0 saturated carbocycles. The second-order valence-electron chi connectivity index (χ2n) is 5.63. The van der Waals surface area contributed by atoms with Gasteiger partial charge in [0.25, 0.3) is 6.47 Å². The van der Waals surface area contributed by atoms with E-state index >= 15 is 0 Å². The first-order valence-corrected chi connectivity index (χ1v) is 7.14. The van der Waals surface area contributed by atoms with Crippen LogP contribution in [0.4, 0.5) is 5.95 Å². The number of nitrogens with zero attached hydrogens (tertiary/aromatic N) is 3. The number of carbonyl (C=O) groups is 2. The average molecular weight is 312 g/mol. The van der Waals surface area contributed by atoms with Gasteiger partial charge in [-0.25, -0.2) is 0 Å². The molecule has 5 N–H and O–H groups in total. The first kappa shape index (κ1) is 17.9. The Morgan fingerprint density at radius 1 is 1.50 bits per heavy atom. The van der Waals surface area contributed by atoms with Crippen LogP contribution >= 0.6 is 0 Å². The van der Waals surface area contributed by atoms with E-state index in [2.05, 4.69) is 25.4 Å². The highest BCUT2D eigenvalue weighted by Gasteiger charge is 2.36. The van der Waals surface area contributed by atoms with Crippen LogP contribution in [-0.2, 0) is 9.59 Å². The Bertz CT molecular complexity index is 496. The van der Waals surface area contributed by atoms with Gasteiger partial charge in [0.1, 0.15) is 5.82 Å². The van der Waals surface area contributed by atoms with Gasteiger partial charge in [-0.3, -0.25) is 19.6 Å². The van der Waals surface area contributed by atoms with E-state index < -0.39 is 5.54 Å². The highest BCUT2D eigenvalue weighted by Crippen LogP contribution is 2.22. The van der Waals surface area contributed by atoms with E-state index in [1.807, 2.05) is 20.8 Å². The minimum Gasteiger partial charge on any atom is -0.483 e. The smallest absolute Gasteiger partial charge is 0.290 e. The van der Waals surface area contributed by atoms with Gasteiger partial charge in [0.05, 0.1) is 11.6 Å². The third-order valence-electron chi connectivity index (χ3n) is 3.73. The predicted octanol–water partition coefficient (Wildman–Crippen LogP) is 0.139. The number of carboxylic acid groups (broad SMARTS) is 1. The Hall–Kier alpha value is -2.16. The summed E-state index contributed by atoms with van der Waals surface area (Å²) in [7, 11) is 0. The number of aromatic nitrogens is 3. The van der Waals surface area contributed by atoms with Gasteiger partial charge in [0.15, 0.2) is 0 Å². The molecule has 1 fully saturated rings. The molecule has 1 saturated heterocycles. The maximum Gasteiger partial charge on any atom is 0.290 e. The number of nitrogen functional groups attached to an aromatic ring is 1. The predicted molar refractivity (Wildman–Crippen MR) is 80.9 cm³/mol. The normalized spacial score (nSPS) is 16.5. The summed E-state index contributed by atoms with van der Waals surface area (Å²) in [6.45, 7) is 7.47. The van der Waals surface area contributed by atoms with Gasteiger partial charge >= 0.3 is 0 Å². The highest BCUT2D eigenvalue weighted by atomic mass is 16.3. The third-order valence-corrected chi connectivity index (χ3v) is 3.73. The van der Waals surface area contributed by atoms with Gasteiger partial charge < -0.3 is 16.2 Å². The number of H-pyrrole nitrogens is 1. The zero-order valence-electron chi connectivity index (χ0n) is 13.2. The number of likely N-dealkylation sites (tertiary alicyclic amines) is 1. The first-order valence-electron chi connectivity index (χ1n) is 7.14. The van der Waals surface area contributed by atoms with Crippen molar-refractivity contribution in [1.82, 2.24) is 25.4 Å². The molecule has 1 atom stereocenters. The molecule has 9 nitrogen and oxygen atoms in total. The molecule has 0 aliphatic carbocycles. The van der Waals surface area contributed by atoms with Crippen molar-refractivity contribution in [2.24, 2.45) is 0 Å². The summed E-state index contributed by atoms with van der Waals surface area (Å²) in [5, 5.41) is 16.3. The van der Waals surface area contributed by atoms with Crippen molar-refractivity contribution in [3.63, 3.8) is 0 Å². The van der Waals surface area contributed by atoms with E-state index in [1.54, 1.807) is 0 Å². The molecule has 0 radical (unpaired) electrons. The second kappa shape index (κ2) is 7.74. The Kier molecular flexibility index (Phi) is 6.29. The van der Waals surface area contributed by atoms with Crippen LogP contribution in [0.5, 0.6) is 0 Å². The van der Waals surface area contributed by atoms with Gasteiger partial charge in [-0.2, -0.15) is 4.98 Å². The zero-order valence-corrected chi connectivity index (χ0v) is 13.2. The number of hydrogen-bond donors (Lipinski definition) is 4. The molecule has 0 bridgehead atoms. The molecule has 1 aromatic rings. The molecule has 2 heterocycles. The number of nitrogens with one attached hydrogen (secondary N) is 2. The lowest BCUT2D eigenvalue weighted by Crippen LogP contribution is -2.54. The number of rotatable bonds is 4. The van der Waals surface area contributed by atoms with E-state index in [0.29, 0.717) is 5.82 Å². The Morgan fingerprint density at radius 2 is 2.05 bits per heavy atom. The molecule has 2 rings (SSSR count). The maximum absolute atomic E-state index is 12.4. The standard InChI is InChI=1S/C12H22N6O.CH2O2/c1-8(9-15-11(13)17-16-9)14-10(19)12(2,3)18-6-4-5-7-18;2-1-3/h8H,4-7H2,1-3H3,(H,14,19)(H3,13,15,16,17);1H,(H,2,3). The van der Waals surface area contributed by atoms with Crippen LogP contribution in [0.1, 0.15) is 45.5 Å². The molecular weight excluding hydrogens is 288 g/mol. The maximum atomic E-state index is 12.4. The van der Waals surface area contributed by atoms with E-state index in [-0.39, 0.29) is 24.4 Å². The number of carbonyl (C=O) groups excluding carboxylic acids is 1. The molecule has 0 aromatic carbocycles. The van der Waals surface area contributed by atoms with Crippen molar-refractivity contribution >= 4 is 18.3 Å². The molecular formula is C13H24N6O3. The summed E-state index contributed by atoms with van der Waals surface area (Å²) in [6, 6.07) is -0.237. The summed E-state index contributed by atoms with van der Waals surface area (Å²) in [4.78, 5) is 27.0. The molecule has 9 heteroatoms. The van der Waals surface area contributed by atoms with E-state index in [1.165, 1.54) is 0 Å². The molecule has 1 aromatic heterocycles. The Morgan fingerprint density at radius 3 is 2.50 bits per heavy atom. The second-order valence-corrected chi connectivity index (χ2v) is 5.63. The Balaban J connectivity index is 0.000000745. The van der Waals surface area contributed by atoms with Crippen molar-refractivity contribution in [3.05, 3.63) is 5.82 Å². The SMILES string of the molecule is CC(NC(=O)C(C)(C)N1CCCC1)c1nc(N)n[nH]1.O=CO. The fourth-order valence-corrected chi connectivity index (χ4v) is 2.34. The van der Waals surface area contributed by atoms with Crippen LogP contribution < -0.4 is 11.1 Å². The van der Waals surface area contributed by atoms with Crippen molar-refractivity contribution in [1.29, 1.82) is 0 Å². The van der Waals surface area contributed by atoms with Gasteiger partial charge in [0, 0.05) is 0 Å². The average Bonchev–Trinajstić information content (AvgIpc) is 3.10. The zero-order chi connectivity index (χ0) is 16.8. The van der Waals surface area contributed by atoms with Crippen LogP contribution in [0.2, 0.25) is 0 Å². The van der Waals surface area contributed by atoms with Crippen LogP contribution in [-0.4, -0.2) is 56.2 Å². The van der Waals surface area contributed by atoms with Crippen LogP contribution in [0.25, 0.3) is 0 Å². The minimum absolute atomic E-state index is 0.00290. The number of hydrogen-bond acceptors (Lipinski definition) is 6. The molecule has 124 valence electrons. The van der Waals surface area contributed by atoms with E-state index in [9.17, 15) is 4.79 Å². The van der Waals surface area contributed by atoms with Gasteiger partial charge in [-0.15, -0.1) is 5.10 Å². The summed E-state index contributed by atoms with van der Waals surface area (Å²) < 4.78 is 0. The largest absolute Gasteiger partial charge is 0.483 e. The van der Waals surface area contributed by atoms with Crippen molar-refractivity contribution < 1.29 is 14.7 Å². The van der Waals surface area contributed by atoms with E-state index in [4.69, 9.17) is 15.6 Å². The molecule has 1 unspecified atom stereocenters. The minimum atomic E-state index is -0.504. The molecule has 22 heavy (non-hydrogen) atoms. The molecule has 1 amide bonds. The monoisotopic (exact) mass is 312 g/mol. The number of amides is 1. The summed E-state index contributed by atoms with van der Waals surface area (Å²) in [5.41, 5.74) is 4.95. The molecule has 1 aliphatic rings. The molecule has 0 spiro atoms. The summed E-state index contributed by atoms with van der Waals surface area (Å²) in [5.74, 6) is 0.759. The van der Waals surface area contributed by atoms with Crippen molar-refractivity contribution in [2.45, 2.75) is 45.2 Å². The van der Waals surface area contributed by atoms with Gasteiger partial charge in [0.2, 0.25) is 11.9 Å². The fourth-order valence-electron chi connectivity index (χ4n) is 2.34. The molecule has 1 aliphatic heterocycles. The lowest BCUT2D eigenvalue weighted by molar-refractivity contribution is -0.131. The number of nitrogens with two attached hydrogens (primary N) is 1. The lowest BCUT2D eigenvalue weighted by Gasteiger charge is -2.34. The van der Waals surface area contributed by atoms with Crippen LogP contribution in [0.3, 0.4) is 0 Å². The number of aromatic amines is 1. The fraction of sp³-hybridized carbons (Fsp3) is 0.692. The van der Waals surface area contributed by atoms with Crippen molar-refractivity contribution in [3.8, 4) is 0 Å². The highest BCUT2D eigenvalue weighted by molar-refractivity contribution is 5.85.